The van der Waals surface area contributed by atoms with Gasteiger partial charge in [0.15, 0.2) is 0 Å². The molecule has 1 fully saturated rings. The molecule has 76 valence electrons. The van der Waals surface area contributed by atoms with Crippen molar-refractivity contribution in [1.82, 2.24) is 0 Å². The van der Waals surface area contributed by atoms with Gasteiger partial charge >= 0.3 is 13.3 Å². The van der Waals surface area contributed by atoms with Crippen molar-refractivity contribution < 1.29 is 22.8 Å². The van der Waals surface area contributed by atoms with Crippen molar-refractivity contribution in [3.8, 4) is 0 Å². The summed E-state index contributed by atoms with van der Waals surface area (Å²) in [5, 5.41) is 9.24. The highest BCUT2D eigenvalue weighted by Crippen LogP contribution is 2.40. The number of fused-ring (bicyclic) bond motifs is 1. The molecule has 0 aromatic rings. The molecule has 2 aliphatic rings. The summed E-state index contributed by atoms with van der Waals surface area (Å²) in [4.78, 5) is 0. The van der Waals surface area contributed by atoms with E-state index < -0.39 is 18.9 Å². The summed E-state index contributed by atoms with van der Waals surface area (Å²) in [5.74, 6) is -0.291. The topological polar surface area (TPSA) is 29.5 Å². The Balaban J connectivity index is 2.22. The Hall–Kier alpha value is -0.745. The lowest BCUT2D eigenvalue weighted by molar-refractivity contribution is -0.0887. The zero-order valence-corrected chi connectivity index (χ0v) is 7.21. The van der Waals surface area contributed by atoms with E-state index in [9.17, 15) is 18.2 Å². The molecule has 2 nitrogen and oxygen atoms in total. The summed E-state index contributed by atoms with van der Waals surface area (Å²) in [6, 6.07) is 0. The minimum Gasteiger partial charge on any atom is -0.427 e. The van der Waals surface area contributed by atoms with E-state index in [1.54, 1.807) is 0 Å². The van der Waals surface area contributed by atoms with Crippen molar-refractivity contribution in [2.75, 3.05) is 6.61 Å². The smallest absolute Gasteiger partial charge is 0.427 e. The Kier molecular flexibility index (Phi) is 2.19. The van der Waals surface area contributed by atoms with Gasteiger partial charge in [0, 0.05) is 5.82 Å². The molecule has 14 heavy (non-hydrogen) atoms. The van der Waals surface area contributed by atoms with Crippen LogP contribution in [0.2, 0.25) is 5.82 Å². The van der Waals surface area contributed by atoms with Crippen LogP contribution < -0.4 is 0 Å². The summed E-state index contributed by atoms with van der Waals surface area (Å²) >= 11 is 0. The molecule has 1 saturated heterocycles. The van der Waals surface area contributed by atoms with E-state index in [2.05, 4.69) is 0 Å². The standard InChI is InChI=1S/C8H8BF3O2/c10-8(11,12)6-1-2-7-5(3-6)4-14-9(7)13/h1,3,7,13H,2,4H2. The first kappa shape index (κ1) is 9.80. The second-order valence-corrected chi connectivity index (χ2v) is 3.42. The molecule has 6 heteroatoms. The van der Waals surface area contributed by atoms with E-state index in [-0.39, 0.29) is 18.8 Å². The molecule has 0 radical (unpaired) electrons. The van der Waals surface area contributed by atoms with Crippen LogP contribution in [0.1, 0.15) is 6.42 Å². The molecule has 1 heterocycles. The minimum absolute atomic E-state index is 0.0965. The summed E-state index contributed by atoms with van der Waals surface area (Å²) in [5.41, 5.74) is -0.103. The molecular formula is C8H8BF3O2. The zero-order valence-electron chi connectivity index (χ0n) is 7.21. The van der Waals surface area contributed by atoms with Gasteiger partial charge in [-0.2, -0.15) is 13.2 Å². The van der Waals surface area contributed by atoms with E-state index in [0.29, 0.717) is 5.57 Å². The van der Waals surface area contributed by atoms with Gasteiger partial charge in [-0.1, -0.05) is 6.08 Å². The highest BCUT2D eigenvalue weighted by molar-refractivity contribution is 6.47. The highest BCUT2D eigenvalue weighted by Gasteiger charge is 2.41. The maximum absolute atomic E-state index is 12.3. The van der Waals surface area contributed by atoms with Crippen molar-refractivity contribution in [3.63, 3.8) is 0 Å². The Bertz CT molecular complexity index is 308. The van der Waals surface area contributed by atoms with Crippen LogP contribution in [0, 0.1) is 0 Å². The first-order valence-electron chi connectivity index (χ1n) is 4.26. The van der Waals surface area contributed by atoms with Gasteiger partial charge in [0.05, 0.1) is 12.2 Å². The van der Waals surface area contributed by atoms with Crippen LogP contribution in [0.3, 0.4) is 0 Å². The van der Waals surface area contributed by atoms with Crippen LogP contribution in [0.15, 0.2) is 23.3 Å². The van der Waals surface area contributed by atoms with Crippen molar-refractivity contribution in [3.05, 3.63) is 23.3 Å². The van der Waals surface area contributed by atoms with Crippen molar-refractivity contribution in [2.45, 2.75) is 18.4 Å². The van der Waals surface area contributed by atoms with Gasteiger partial charge in [0.2, 0.25) is 0 Å². The van der Waals surface area contributed by atoms with Crippen LogP contribution in [0.25, 0.3) is 0 Å². The lowest BCUT2D eigenvalue weighted by atomic mass is 9.67. The molecule has 1 atom stereocenters. The van der Waals surface area contributed by atoms with Gasteiger partial charge < -0.3 is 9.68 Å². The summed E-state index contributed by atoms with van der Waals surface area (Å²) in [6.45, 7) is 0.0965. The normalized spacial score (nSPS) is 27.1. The zero-order chi connectivity index (χ0) is 10.3. The molecule has 1 unspecified atom stereocenters. The first-order chi connectivity index (χ1) is 6.48. The maximum Gasteiger partial charge on any atom is 0.462 e. The molecule has 1 aliphatic carbocycles. The largest absolute Gasteiger partial charge is 0.462 e. The third-order valence-electron chi connectivity index (χ3n) is 2.50. The average molecular weight is 204 g/mol. The monoisotopic (exact) mass is 204 g/mol. The van der Waals surface area contributed by atoms with Gasteiger partial charge in [-0.25, -0.2) is 0 Å². The Morgan fingerprint density at radius 3 is 2.86 bits per heavy atom. The predicted molar refractivity (Wildman–Crippen MR) is 44.5 cm³/mol. The van der Waals surface area contributed by atoms with E-state index in [1.807, 2.05) is 0 Å². The number of alkyl halides is 3. The molecule has 1 N–H and O–H groups in total. The second-order valence-electron chi connectivity index (χ2n) is 3.42. The van der Waals surface area contributed by atoms with E-state index in [4.69, 9.17) is 4.65 Å². The average Bonchev–Trinajstić information content (AvgIpc) is 2.46. The molecule has 1 aliphatic heterocycles. The molecule has 2 rings (SSSR count). The van der Waals surface area contributed by atoms with Gasteiger partial charge in [-0.3, -0.25) is 0 Å². The molecule has 0 spiro atoms. The van der Waals surface area contributed by atoms with Crippen molar-refractivity contribution in [1.29, 1.82) is 0 Å². The van der Waals surface area contributed by atoms with Crippen LogP contribution >= 0.6 is 0 Å². The van der Waals surface area contributed by atoms with Gasteiger partial charge in [0.1, 0.15) is 0 Å². The summed E-state index contributed by atoms with van der Waals surface area (Å²) in [6.07, 6.45) is -1.93. The molecule has 0 aromatic heterocycles. The number of allylic oxidation sites excluding steroid dienone is 3. The fourth-order valence-corrected chi connectivity index (χ4v) is 1.71. The third-order valence-corrected chi connectivity index (χ3v) is 2.50. The van der Waals surface area contributed by atoms with E-state index >= 15 is 0 Å². The fourth-order valence-electron chi connectivity index (χ4n) is 1.71. The second kappa shape index (κ2) is 3.13. The van der Waals surface area contributed by atoms with Gasteiger partial charge in [-0.15, -0.1) is 0 Å². The third kappa shape index (κ3) is 1.59. The van der Waals surface area contributed by atoms with E-state index in [1.165, 1.54) is 0 Å². The lowest BCUT2D eigenvalue weighted by Gasteiger charge is -2.17. The van der Waals surface area contributed by atoms with Crippen LogP contribution in [-0.2, 0) is 4.65 Å². The Morgan fingerprint density at radius 1 is 1.50 bits per heavy atom. The Morgan fingerprint density at radius 2 is 2.21 bits per heavy atom. The number of rotatable bonds is 0. The van der Waals surface area contributed by atoms with Gasteiger partial charge in [0.25, 0.3) is 0 Å². The molecule has 0 aromatic carbocycles. The SMILES string of the molecule is OB1OCC2=CC(C(F)(F)F)=CCC12. The Labute approximate surface area is 79.2 Å². The quantitative estimate of drug-likeness (QED) is 0.608. The fraction of sp³-hybridized carbons (Fsp3) is 0.500. The van der Waals surface area contributed by atoms with Crippen LogP contribution in [0.5, 0.6) is 0 Å². The molecule has 0 amide bonds. The molecule has 0 bridgehead atoms. The highest BCUT2D eigenvalue weighted by atomic mass is 19.4. The van der Waals surface area contributed by atoms with Crippen LogP contribution in [0.4, 0.5) is 13.2 Å². The van der Waals surface area contributed by atoms with Crippen molar-refractivity contribution >= 4 is 7.12 Å². The summed E-state index contributed by atoms with van der Waals surface area (Å²) in [7, 11) is -0.952. The first-order valence-corrected chi connectivity index (χ1v) is 4.26. The number of hydrogen-bond acceptors (Lipinski definition) is 2. The molecule has 0 saturated carbocycles. The molecular weight excluding hydrogens is 196 g/mol. The van der Waals surface area contributed by atoms with Crippen molar-refractivity contribution in [2.24, 2.45) is 0 Å². The van der Waals surface area contributed by atoms with Gasteiger partial charge in [-0.05, 0) is 18.1 Å². The van der Waals surface area contributed by atoms with E-state index in [0.717, 1.165) is 12.2 Å². The lowest BCUT2D eigenvalue weighted by Crippen LogP contribution is -2.19. The minimum atomic E-state index is -4.30. The summed E-state index contributed by atoms with van der Waals surface area (Å²) < 4.78 is 41.7. The maximum atomic E-state index is 12.3. The van der Waals surface area contributed by atoms with Crippen LogP contribution in [-0.4, -0.2) is 24.9 Å². The predicted octanol–water partition coefficient (Wildman–Crippen LogP) is 1.69. The number of hydrogen-bond donors (Lipinski definition) is 1. The number of halogens is 3.